The fourth-order valence-electron chi connectivity index (χ4n) is 1.76. The van der Waals surface area contributed by atoms with Gasteiger partial charge in [0.15, 0.2) is 5.82 Å². The van der Waals surface area contributed by atoms with Crippen LogP contribution >= 0.6 is 0 Å². The summed E-state index contributed by atoms with van der Waals surface area (Å²) in [6.45, 7) is 3.69. The van der Waals surface area contributed by atoms with Gasteiger partial charge in [-0.15, -0.1) is 0 Å². The Balaban J connectivity index is 1.86. The molecule has 2 aromatic heterocycles. The van der Waals surface area contributed by atoms with E-state index in [1.165, 1.54) is 0 Å². The Morgan fingerprint density at radius 3 is 2.95 bits per heavy atom. The first-order valence-electron chi connectivity index (χ1n) is 6.31. The maximum absolute atomic E-state index is 11.8. The Labute approximate surface area is 111 Å². The Morgan fingerprint density at radius 1 is 1.53 bits per heavy atom. The Bertz CT molecular complexity index is 519. The van der Waals surface area contributed by atoms with Crippen LogP contribution in [-0.2, 0) is 11.2 Å². The third-order valence-corrected chi connectivity index (χ3v) is 2.78. The summed E-state index contributed by atoms with van der Waals surface area (Å²) in [6, 6.07) is 3.46. The summed E-state index contributed by atoms with van der Waals surface area (Å²) in [5, 5.41) is 6.72. The second kappa shape index (κ2) is 6.17. The topological polar surface area (TPSA) is 81.2 Å². The highest BCUT2D eigenvalue weighted by Crippen LogP contribution is 2.13. The van der Waals surface area contributed by atoms with E-state index in [1.807, 2.05) is 19.1 Å². The van der Waals surface area contributed by atoms with Gasteiger partial charge in [-0.1, -0.05) is 12.1 Å². The molecule has 6 nitrogen and oxygen atoms in total. The van der Waals surface area contributed by atoms with Gasteiger partial charge in [0.1, 0.15) is 5.76 Å². The first kappa shape index (κ1) is 13.3. The number of carbonyl (C=O) groups excluding carboxylic acids is 1. The molecule has 2 aromatic rings. The summed E-state index contributed by atoms with van der Waals surface area (Å²) in [7, 11) is 0. The molecule has 0 aliphatic carbocycles. The molecule has 0 bridgehead atoms. The van der Waals surface area contributed by atoms with E-state index in [2.05, 4.69) is 15.5 Å². The predicted octanol–water partition coefficient (Wildman–Crippen LogP) is 2.17. The molecule has 102 valence electrons. The van der Waals surface area contributed by atoms with Gasteiger partial charge in [-0.25, -0.2) is 0 Å². The van der Waals surface area contributed by atoms with E-state index in [4.69, 9.17) is 8.94 Å². The summed E-state index contributed by atoms with van der Waals surface area (Å²) in [6.07, 6.45) is 3.27. The number of nitrogens with one attached hydrogen (secondary N) is 1. The number of nitrogens with zero attached hydrogens (tertiary/aromatic N) is 2. The highest BCUT2D eigenvalue weighted by atomic mass is 16.5. The van der Waals surface area contributed by atoms with Crippen LogP contribution in [0, 0.1) is 6.92 Å². The van der Waals surface area contributed by atoms with Crippen molar-refractivity contribution in [2.24, 2.45) is 0 Å². The van der Waals surface area contributed by atoms with E-state index in [9.17, 15) is 4.79 Å². The molecule has 0 aliphatic rings. The lowest BCUT2D eigenvalue weighted by Crippen LogP contribution is -2.29. The van der Waals surface area contributed by atoms with Gasteiger partial charge in [-0.05, 0) is 18.6 Å². The van der Waals surface area contributed by atoms with Crippen LogP contribution in [0.1, 0.15) is 43.3 Å². The minimum absolute atomic E-state index is 0.0503. The number of amides is 1. The van der Waals surface area contributed by atoms with Crippen molar-refractivity contribution in [3.8, 4) is 0 Å². The Hall–Kier alpha value is -2.11. The quantitative estimate of drug-likeness (QED) is 0.863. The molecule has 1 N–H and O–H groups in total. The molecular formula is C13H17N3O3. The van der Waals surface area contributed by atoms with E-state index in [0.717, 1.165) is 5.76 Å². The number of aryl methyl sites for hydroxylation is 2. The summed E-state index contributed by atoms with van der Waals surface area (Å²) in [5.74, 6) is 1.77. The normalized spacial score (nSPS) is 12.3. The van der Waals surface area contributed by atoms with Crippen molar-refractivity contribution in [3.05, 3.63) is 35.9 Å². The van der Waals surface area contributed by atoms with Gasteiger partial charge in [0.05, 0.1) is 12.3 Å². The third-order valence-electron chi connectivity index (χ3n) is 2.78. The molecule has 0 aromatic carbocycles. The Morgan fingerprint density at radius 2 is 2.37 bits per heavy atom. The summed E-state index contributed by atoms with van der Waals surface area (Å²) < 4.78 is 10.1. The zero-order valence-electron chi connectivity index (χ0n) is 11.0. The van der Waals surface area contributed by atoms with Crippen molar-refractivity contribution in [1.82, 2.24) is 15.5 Å². The van der Waals surface area contributed by atoms with Crippen molar-refractivity contribution in [3.63, 3.8) is 0 Å². The van der Waals surface area contributed by atoms with Gasteiger partial charge in [-0.2, -0.15) is 4.98 Å². The molecule has 0 radical (unpaired) electrons. The smallest absolute Gasteiger partial charge is 0.223 e. The maximum Gasteiger partial charge on any atom is 0.223 e. The molecule has 2 rings (SSSR count). The van der Waals surface area contributed by atoms with Crippen molar-refractivity contribution in [2.75, 3.05) is 0 Å². The standard InChI is InChI=1S/C13H17N3O3/c1-3-11(13-14-9(2)19-16-13)15-12(17)7-6-10-5-4-8-18-10/h4-5,8,11H,3,6-7H2,1-2H3,(H,15,17)/t11-/m1/s1. The number of hydrogen-bond donors (Lipinski definition) is 1. The zero-order chi connectivity index (χ0) is 13.7. The number of rotatable bonds is 6. The maximum atomic E-state index is 11.8. The van der Waals surface area contributed by atoms with Crippen LogP contribution in [0.5, 0.6) is 0 Å². The number of hydrogen-bond acceptors (Lipinski definition) is 5. The lowest BCUT2D eigenvalue weighted by molar-refractivity contribution is -0.122. The van der Waals surface area contributed by atoms with Gasteiger partial charge in [0.2, 0.25) is 11.8 Å². The summed E-state index contributed by atoms with van der Waals surface area (Å²) in [5.41, 5.74) is 0. The SMILES string of the molecule is CC[C@@H](NC(=O)CCc1ccco1)c1noc(C)n1. The van der Waals surface area contributed by atoms with E-state index in [-0.39, 0.29) is 11.9 Å². The average molecular weight is 263 g/mol. The van der Waals surface area contributed by atoms with E-state index in [1.54, 1.807) is 13.2 Å². The average Bonchev–Trinajstić information content (AvgIpc) is 3.04. The first-order valence-corrected chi connectivity index (χ1v) is 6.31. The molecule has 0 unspecified atom stereocenters. The van der Waals surface area contributed by atoms with Crippen LogP contribution in [0.4, 0.5) is 0 Å². The van der Waals surface area contributed by atoms with Crippen LogP contribution < -0.4 is 5.32 Å². The minimum atomic E-state index is -0.207. The van der Waals surface area contributed by atoms with Gasteiger partial charge in [-0.3, -0.25) is 4.79 Å². The second-order valence-corrected chi connectivity index (χ2v) is 4.28. The van der Waals surface area contributed by atoms with Gasteiger partial charge in [0.25, 0.3) is 0 Å². The van der Waals surface area contributed by atoms with Crippen molar-refractivity contribution < 1.29 is 13.7 Å². The molecule has 0 saturated heterocycles. The van der Waals surface area contributed by atoms with Crippen LogP contribution in [0.15, 0.2) is 27.3 Å². The molecule has 1 atom stereocenters. The van der Waals surface area contributed by atoms with Crippen LogP contribution in [0.2, 0.25) is 0 Å². The van der Waals surface area contributed by atoms with Crippen molar-refractivity contribution >= 4 is 5.91 Å². The molecule has 1 amide bonds. The number of furan rings is 1. The number of carbonyl (C=O) groups is 1. The molecule has 0 spiro atoms. The first-order chi connectivity index (χ1) is 9.19. The monoisotopic (exact) mass is 263 g/mol. The molecule has 2 heterocycles. The van der Waals surface area contributed by atoms with Crippen LogP contribution in [0.3, 0.4) is 0 Å². The molecular weight excluding hydrogens is 246 g/mol. The third kappa shape index (κ3) is 3.67. The predicted molar refractivity (Wildman–Crippen MR) is 67.2 cm³/mol. The number of aromatic nitrogens is 2. The summed E-state index contributed by atoms with van der Waals surface area (Å²) in [4.78, 5) is 16.0. The molecule has 6 heteroatoms. The van der Waals surface area contributed by atoms with E-state index >= 15 is 0 Å². The van der Waals surface area contributed by atoms with Crippen LogP contribution in [0.25, 0.3) is 0 Å². The van der Waals surface area contributed by atoms with Gasteiger partial charge >= 0.3 is 0 Å². The van der Waals surface area contributed by atoms with Crippen molar-refractivity contribution in [1.29, 1.82) is 0 Å². The molecule has 0 saturated carbocycles. The van der Waals surface area contributed by atoms with Gasteiger partial charge < -0.3 is 14.3 Å². The highest BCUT2D eigenvalue weighted by Gasteiger charge is 2.17. The van der Waals surface area contributed by atoms with Crippen molar-refractivity contribution in [2.45, 2.75) is 39.2 Å². The highest BCUT2D eigenvalue weighted by molar-refractivity contribution is 5.76. The minimum Gasteiger partial charge on any atom is -0.469 e. The van der Waals surface area contributed by atoms with Crippen LogP contribution in [-0.4, -0.2) is 16.0 Å². The fourth-order valence-corrected chi connectivity index (χ4v) is 1.76. The van der Waals surface area contributed by atoms with E-state index < -0.39 is 0 Å². The molecule has 0 fully saturated rings. The Kier molecular flexibility index (Phi) is 4.33. The summed E-state index contributed by atoms with van der Waals surface area (Å²) >= 11 is 0. The lowest BCUT2D eigenvalue weighted by atomic mass is 10.2. The molecule has 19 heavy (non-hydrogen) atoms. The van der Waals surface area contributed by atoms with Gasteiger partial charge in [0, 0.05) is 19.8 Å². The van der Waals surface area contributed by atoms with E-state index in [0.29, 0.717) is 31.0 Å². The lowest BCUT2D eigenvalue weighted by Gasteiger charge is -2.12. The molecule has 0 aliphatic heterocycles. The zero-order valence-corrected chi connectivity index (χ0v) is 11.0. The second-order valence-electron chi connectivity index (χ2n) is 4.28. The largest absolute Gasteiger partial charge is 0.469 e. The fraction of sp³-hybridized carbons (Fsp3) is 0.462.